The van der Waals surface area contributed by atoms with Crippen molar-refractivity contribution in [3.05, 3.63) is 24.0 Å². The van der Waals surface area contributed by atoms with Gasteiger partial charge < -0.3 is 24.6 Å². The first-order valence-electron chi connectivity index (χ1n) is 10.5. The van der Waals surface area contributed by atoms with Crippen molar-refractivity contribution in [2.45, 2.75) is 26.9 Å². The van der Waals surface area contributed by atoms with Crippen LogP contribution in [0.3, 0.4) is 0 Å². The largest absolute Gasteiger partial charge is 0.450 e. The van der Waals surface area contributed by atoms with E-state index in [1.165, 1.54) is 11.0 Å². The molecule has 1 aromatic rings. The van der Waals surface area contributed by atoms with Crippen LogP contribution >= 0.6 is 12.2 Å². The van der Waals surface area contributed by atoms with Crippen LogP contribution in [0.1, 0.15) is 20.8 Å². The molecular formula is C21H29FN4O4S. The van der Waals surface area contributed by atoms with Gasteiger partial charge in [-0.05, 0) is 25.1 Å². The van der Waals surface area contributed by atoms with Crippen LogP contribution in [0.2, 0.25) is 0 Å². The molecule has 0 radical (unpaired) electrons. The Kier molecular flexibility index (Phi) is 7.53. The van der Waals surface area contributed by atoms with Gasteiger partial charge in [-0.3, -0.25) is 4.90 Å². The number of carbonyl (C=O) groups is 2. The molecule has 2 heterocycles. The van der Waals surface area contributed by atoms with Gasteiger partial charge in [0.1, 0.15) is 11.9 Å². The molecular weight excluding hydrogens is 423 g/mol. The zero-order valence-electron chi connectivity index (χ0n) is 18.1. The van der Waals surface area contributed by atoms with E-state index in [1.54, 1.807) is 24.0 Å². The van der Waals surface area contributed by atoms with Crippen LogP contribution in [0.4, 0.5) is 25.4 Å². The molecule has 2 aliphatic rings. The predicted molar refractivity (Wildman–Crippen MR) is 120 cm³/mol. The Labute approximate surface area is 187 Å². The van der Waals surface area contributed by atoms with Crippen LogP contribution in [0.5, 0.6) is 0 Å². The molecule has 10 heteroatoms. The van der Waals surface area contributed by atoms with Crippen LogP contribution in [0.25, 0.3) is 0 Å². The molecule has 170 valence electrons. The number of piperazine rings is 1. The third-order valence-electron chi connectivity index (χ3n) is 5.29. The Bertz CT molecular complexity index is 830. The van der Waals surface area contributed by atoms with Gasteiger partial charge in [0.05, 0.1) is 36.1 Å². The summed E-state index contributed by atoms with van der Waals surface area (Å²) >= 11 is 5.24. The maximum absolute atomic E-state index is 14.9. The van der Waals surface area contributed by atoms with E-state index < -0.39 is 11.9 Å². The van der Waals surface area contributed by atoms with Crippen molar-refractivity contribution in [2.24, 2.45) is 5.92 Å². The fraction of sp³-hybridized carbons (Fsp3) is 0.571. The second-order valence-corrected chi connectivity index (χ2v) is 8.26. The Morgan fingerprint density at radius 3 is 2.65 bits per heavy atom. The smallest absolute Gasteiger partial charge is 0.414 e. The second-order valence-electron chi connectivity index (χ2n) is 7.82. The maximum Gasteiger partial charge on any atom is 0.414 e. The van der Waals surface area contributed by atoms with Crippen molar-refractivity contribution in [3.8, 4) is 0 Å². The van der Waals surface area contributed by atoms with E-state index in [9.17, 15) is 14.0 Å². The van der Waals surface area contributed by atoms with Crippen molar-refractivity contribution in [1.29, 1.82) is 0 Å². The van der Waals surface area contributed by atoms with E-state index in [2.05, 4.69) is 5.32 Å². The number of rotatable bonds is 6. The van der Waals surface area contributed by atoms with Gasteiger partial charge >= 0.3 is 12.2 Å². The van der Waals surface area contributed by atoms with Gasteiger partial charge in [-0.25, -0.2) is 14.0 Å². The highest BCUT2D eigenvalue weighted by molar-refractivity contribution is 7.80. The monoisotopic (exact) mass is 452 g/mol. The fourth-order valence-electron chi connectivity index (χ4n) is 3.52. The maximum atomic E-state index is 14.9. The fourth-order valence-corrected chi connectivity index (χ4v) is 3.61. The molecule has 2 fully saturated rings. The van der Waals surface area contributed by atoms with E-state index in [0.29, 0.717) is 62.2 Å². The average molecular weight is 453 g/mol. The van der Waals surface area contributed by atoms with Gasteiger partial charge in [0.15, 0.2) is 0 Å². The number of ether oxygens (including phenoxy) is 2. The number of hydrogen-bond donors (Lipinski definition) is 1. The first-order chi connectivity index (χ1) is 14.8. The zero-order chi connectivity index (χ0) is 22.5. The van der Waals surface area contributed by atoms with Gasteiger partial charge in [0, 0.05) is 32.1 Å². The van der Waals surface area contributed by atoms with Crippen molar-refractivity contribution in [3.63, 3.8) is 0 Å². The summed E-state index contributed by atoms with van der Waals surface area (Å²) < 4.78 is 25.3. The Morgan fingerprint density at radius 2 is 2.03 bits per heavy atom. The summed E-state index contributed by atoms with van der Waals surface area (Å²) in [5.41, 5.74) is 0.894. The lowest BCUT2D eigenvalue weighted by Gasteiger charge is -2.35. The van der Waals surface area contributed by atoms with E-state index in [-0.39, 0.29) is 18.1 Å². The first-order valence-corrected chi connectivity index (χ1v) is 10.9. The predicted octanol–water partition coefficient (Wildman–Crippen LogP) is 3.00. The molecule has 0 aliphatic carbocycles. The summed E-state index contributed by atoms with van der Waals surface area (Å²) in [5.74, 6) is -0.207. The lowest BCUT2D eigenvalue weighted by atomic mass is 10.2. The number of nitrogens with zero attached hydrogens (tertiary/aromatic N) is 3. The molecule has 8 nitrogen and oxygen atoms in total. The van der Waals surface area contributed by atoms with Gasteiger partial charge in [-0.1, -0.05) is 26.1 Å². The topological polar surface area (TPSA) is 74.3 Å². The SMILES string of the molecule is CCOC(=O)N1CCN(c2ccc(N3C[C@H](CNC(=S)C(C)C)OC3=O)cc2F)CC1. The van der Waals surface area contributed by atoms with Crippen LogP contribution in [-0.4, -0.2) is 74.1 Å². The molecule has 2 aliphatic heterocycles. The number of amides is 2. The van der Waals surface area contributed by atoms with Gasteiger partial charge in [0.25, 0.3) is 0 Å². The summed E-state index contributed by atoms with van der Waals surface area (Å²) in [7, 11) is 0. The molecule has 0 saturated carbocycles. The number of nitrogens with one attached hydrogen (secondary N) is 1. The summed E-state index contributed by atoms with van der Waals surface area (Å²) in [4.78, 5) is 29.7. The molecule has 1 N–H and O–H groups in total. The molecule has 0 aromatic heterocycles. The third-order valence-corrected chi connectivity index (χ3v) is 5.91. The van der Waals surface area contributed by atoms with E-state index in [4.69, 9.17) is 21.7 Å². The number of anilines is 2. The van der Waals surface area contributed by atoms with Crippen LogP contribution in [0, 0.1) is 11.7 Å². The Balaban J connectivity index is 1.59. The van der Waals surface area contributed by atoms with E-state index in [1.807, 2.05) is 18.7 Å². The molecule has 1 aromatic carbocycles. The summed E-state index contributed by atoms with van der Waals surface area (Å²) in [5, 5.41) is 3.11. The molecule has 2 saturated heterocycles. The lowest BCUT2D eigenvalue weighted by Crippen LogP contribution is -2.49. The molecule has 0 spiro atoms. The number of thiocarbonyl (C=S) groups is 1. The number of cyclic esters (lactones) is 1. The van der Waals surface area contributed by atoms with Crippen molar-refractivity contribution in [1.82, 2.24) is 10.2 Å². The van der Waals surface area contributed by atoms with Crippen LogP contribution in [0.15, 0.2) is 18.2 Å². The molecule has 31 heavy (non-hydrogen) atoms. The molecule has 1 atom stereocenters. The first kappa shape index (κ1) is 23.1. The summed E-state index contributed by atoms with van der Waals surface area (Å²) in [6.45, 7) is 8.75. The summed E-state index contributed by atoms with van der Waals surface area (Å²) in [6.07, 6.45) is -1.20. The highest BCUT2D eigenvalue weighted by atomic mass is 32.1. The van der Waals surface area contributed by atoms with E-state index in [0.717, 1.165) is 0 Å². The number of benzene rings is 1. The minimum absolute atomic E-state index is 0.212. The van der Waals surface area contributed by atoms with Crippen molar-refractivity contribution in [2.75, 3.05) is 55.7 Å². The quantitative estimate of drug-likeness (QED) is 0.665. The summed E-state index contributed by atoms with van der Waals surface area (Å²) in [6, 6.07) is 4.73. The molecule has 3 rings (SSSR count). The number of hydrogen-bond acceptors (Lipinski definition) is 6. The third kappa shape index (κ3) is 5.55. The number of halogens is 1. The molecule has 2 amide bonds. The number of carbonyl (C=O) groups excluding carboxylic acids is 2. The normalized spacial score (nSPS) is 18.9. The minimum Gasteiger partial charge on any atom is -0.450 e. The highest BCUT2D eigenvalue weighted by Gasteiger charge is 2.33. The van der Waals surface area contributed by atoms with Gasteiger partial charge in [-0.15, -0.1) is 0 Å². The zero-order valence-corrected chi connectivity index (χ0v) is 18.9. The van der Waals surface area contributed by atoms with E-state index >= 15 is 0 Å². The van der Waals surface area contributed by atoms with Crippen molar-refractivity contribution < 1.29 is 23.5 Å². The standard InChI is InChI=1S/C21H29FN4O4S/c1-4-29-20(27)25-9-7-24(8-10-25)18-6-5-15(11-17(18)22)26-13-16(30-21(26)28)12-23-19(31)14(2)3/h5-6,11,14,16H,4,7-10,12-13H2,1-3H3,(H,23,31)/t16-/m0/s1. The molecule has 0 unspecified atom stereocenters. The Hall–Kier alpha value is -2.62. The lowest BCUT2D eigenvalue weighted by molar-refractivity contribution is 0.105. The van der Waals surface area contributed by atoms with Crippen LogP contribution in [-0.2, 0) is 9.47 Å². The van der Waals surface area contributed by atoms with Gasteiger partial charge in [0.2, 0.25) is 0 Å². The average Bonchev–Trinajstić information content (AvgIpc) is 3.12. The minimum atomic E-state index is -0.502. The molecule has 0 bridgehead atoms. The Morgan fingerprint density at radius 1 is 1.32 bits per heavy atom. The highest BCUT2D eigenvalue weighted by Crippen LogP contribution is 2.28. The second kappa shape index (κ2) is 10.1. The van der Waals surface area contributed by atoms with Gasteiger partial charge in [-0.2, -0.15) is 0 Å². The van der Waals surface area contributed by atoms with Crippen LogP contribution < -0.4 is 15.1 Å². The van der Waals surface area contributed by atoms with Crippen molar-refractivity contribution >= 4 is 40.8 Å².